The number of hydrogen-bond acceptors (Lipinski definition) is 7. The van der Waals surface area contributed by atoms with Gasteiger partial charge in [-0.1, -0.05) is 12.1 Å². The molecule has 0 aliphatic carbocycles. The van der Waals surface area contributed by atoms with Crippen LogP contribution in [0.5, 0.6) is 0 Å². The molecular weight excluding hydrogens is 434 g/mol. The maximum Gasteiger partial charge on any atom is 0.414 e. The maximum atomic E-state index is 14.7. The van der Waals surface area contributed by atoms with E-state index in [9.17, 15) is 23.2 Å². The van der Waals surface area contributed by atoms with Crippen LogP contribution in [-0.4, -0.2) is 41.7 Å². The zero-order valence-corrected chi connectivity index (χ0v) is 17.1. The molecule has 2 aromatic carbocycles. The van der Waals surface area contributed by atoms with E-state index in [4.69, 9.17) is 9.29 Å². The van der Waals surface area contributed by atoms with Gasteiger partial charge in [-0.3, -0.25) is 19.0 Å². The minimum Gasteiger partial charge on any atom is -0.442 e. The predicted octanol–water partition coefficient (Wildman–Crippen LogP) is 3.30. The fourth-order valence-corrected chi connectivity index (χ4v) is 3.23. The highest BCUT2D eigenvalue weighted by Gasteiger charge is 2.32. The van der Waals surface area contributed by atoms with Gasteiger partial charge < -0.3 is 14.2 Å². The Morgan fingerprint density at radius 2 is 2.03 bits per heavy atom. The van der Waals surface area contributed by atoms with E-state index in [1.165, 1.54) is 36.1 Å². The number of ether oxygens (including phenoxy) is 1. The first-order chi connectivity index (χ1) is 14.8. The van der Waals surface area contributed by atoms with Crippen molar-refractivity contribution in [3.05, 3.63) is 53.6 Å². The number of hydrogen-bond donors (Lipinski definition) is 2. The lowest BCUT2D eigenvalue weighted by molar-refractivity contribution is -0.132. The summed E-state index contributed by atoms with van der Waals surface area (Å²) >= 11 is -0.124. The van der Waals surface area contributed by atoms with Crippen LogP contribution in [0.2, 0.25) is 0 Å². The number of nitrogens with one attached hydrogen (secondary N) is 1. The number of cyclic esters (lactones) is 1. The van der Waals surface area contributed by atoms with Crippen LogP contribution in [-0.2, 0) is 24.9 Å². The van der Waals surface area contributed by atoms with E-state index in [2.05, 4.69) is 9.50 Å². The van der Waals surface area contributed by atoms with Crippen LogP contribution >= 0.6 is 12.3 Å². The minimum atomic E-state index is -0.830. The number of nitrogens with zero attached hydrogens (tertiary/aromatic N) is 1. The molecule has 0 aromatic heterocycles. The standard InChI is InChI=1S/C20H18F2N2O6S/c1-11(25)23-9-15-10-24(20(27)29-15)14-4-5-16(18(22)8-14)12-2-3-13(17(21)6-12)7-19(26)30-31-28/h2-6,8,15,28H,7,9-10H2,1H3,(H,23,25)/t15-/m0/s1. The van der Waals surface area contributed by atoms with Crippen LogP contribution < -0.4 is 10.2 Å². The molecule has 0 bridgehead atoms. The number of benzene rings is 2. The first-order valence-corrected chi connectivity index (χ1v) is 9.80. The van der Waals surface area contributed by atoms with Gasteiger partial charge in [-0.15, -0.1) is 0 Å². The van der Waals surface area contributed by atoms with Crippen LogP contribution in [0.25, 0.3) is 11.1 Å². The van der Waals surface area contributed by atoms with Gasteiger partial charge in [0.15, 0.2) is 0 Å². The maximum absolute atomic E-state index is 14.7. The average Bonchev–Trinajstić information content (AvgIpc) is 3.09. The SMILES string of the molecule is CC(=O)NC[C@H]1CN(c2ccc(-c3ccc(CC(=O)OSO)c(F)c3)c(F)c2)C(=O)O1. The molecule has 31 heavy (non-hydrogen) atoms. The van der Waals surface area contributed by atoms with Crippen molar-refractivity contribution in [3.63, 3.8) is 0 Å². The lowest BCUT2D eigenvalue weighted by atomic mass is 10.0. The molecule has 2 aromatic rings. The summed E-state index contributed by atoms with van der Waals surface area (Å²) in [7, 11) is 0. The molecular formula is C20H18F2N2O6S. The number of carbonyl (C=O) groups excluding carboxylic acids is 3. The Kier molecular flexibility index (Phi) is 7.08. The Labute approximate surface area is 180 Å². The van der Waals surface area contributed by atoms with Crippen molar-refractivity contribution in [2.45, 2.75) is 19.4 Å². The van der Waals surface area contributed by atoms with E-state index < -0.39 is 36.2 Å². The fraction of sp³-hybridized carbons (Fsp3) is 0.250. The zero-order valence-electron chi connectivity index (χ0n) is 16.3. The smallest absolute Gasteiger partial charge is 0.414 e. The highest BCUT2D eigenvalue weighted by atomic mass is 32.2. The lowest BCUT2D eigenvalue weighted by Gasteiger charge is -2.15. The third-order valence-corrected chi connectivity index (χ3v) is 4.81. The molecule has 164 valence electrons. The van der Waals surface area contributed by atoms with Gasteiger partial charge in [-0.05, 0) is 35.4 Å². The summed E-state index contributed by atoms with van der Waals surface area (Å²) in [6, 6.07) is 7.90. The van der Waals surface area contributed by atoms with Crippen molar-refractivity contribution < 1.29 is 36.6 Å². The van der Waals surface area contributed by atoms with E-state index >= 15 is 0 Å². The molecule has 0 spiro atoms. The van der Waals surface area contributed by atoms with E-state index in [-0.39, 0.29) is 53.7 Å². The molecule has 1 heterocycles. The topological polar surface area (TPSA) is 105 Å². The van der Waals surface area contributed by atoms with Crippen LogP contribution in [0.3, 0.4) is 0 Å². The molecule has 0 unspecified atom stereocenters. The average molecular weight is 452 g/mol. The number of anilines is 1. The summed E-state index contributed by atoms with van der Waals surface area (Å²) in [6.45, 7) is 1.63. The number of halogens is 2. The summed E-state index contributed by atoms with van der Waals surface area (Å²) < 4.78 is 47.0. The first kappa shape index (κ1) is 22.5. The van der Waals surface area contributed by atoms with E-state index in [1.54, 1.807) is 0 Å². The molecule has 3 rings (SSSR count). The van der Waals surface area contributed by atoms with Gasteiger partial charge in [-0.2, -0.15) is 0 Å². The molecule has 11 heteroatoms. The van der Waals surface area contributed by atoms with Crippen molar-refractivity contribution in [2.24, 2.45) is 0 Å². The minimum absolute atomic E-state index is 0.0323. The molecule has 1 atom stereocenters. The Hall–Kier alpha value is -3.18. The van der Waals surface area contributed by atoms with Crippen molar-refractivity contribution >= 4 is 36.0 Å². The third kappa shape index (κ3) is 5.50. The molecule has 1 saturated heterocycles. The van der Waals surface area contributed by atoms with Crippen LogP contribution in [0, 0.1) is 11.6 Å². The van der Waals surface area contributed by atoms with Crippen LogP contribution in [0.15, 0.2) is 36.4 Å². The molecule has 2 amide bonds. The monoisotopic (exact) mass is 452 g/mol. The quantitative estimate of drug-likeness (QED) is 0.621. The van der Waals surface area contributed by atoms with Gasteiger partial charge in [0.05, 0.1) is 25.2 Å². The van der Waals surface area contributed by atoms with Crippen molar-refractivity contribution in [2.75, 3.05) is 18.0 Å². The second-order valence-corrected chi connectivity index (χ2v) is 7.05. The van der Waals surface area contributed by atoms with E-state index in [0.717, 1.165) is 12.1 Å². The summed E-state index contributed by atoms with van der Waals surface area (Å²) in [5.74, 6) is -2.50. The normalized spacial score (nSPS) is 15.5. The van der Waals surface area contributed by atoms with Gasteiger partial charge in [0, 0.05) is 12.5 Å². The predicted molar refractivity (Wildman–Crippen MR) is 108 cm³/mol. The lowest BCUT2D eigenvalue weighted by Crippen LogP contribution is -2.33. The fourth-order valence-electron chi connectivity index (χ4n) is 3.09. The van der Waals surface area contributed by atoms with Crippen molar-refractivity contribution in [1.29, 1.82) is 0 Å². The molecule has 0 saturated carbocycles. The van der Waals surface area contributed by atoms with Crippen LogP contribution in [0.4, 0.5) is 19.3 Å². The molecule has 1 aliphatic rings. The van der Waals surface area contributed by atoms with Crippen molar-refractivity contribution in [3.8, 4) is 11.1 Å². The van der Waals surface area contributed by atoms with Gasteiger partial charge in [0.2, 0.25) is 18.2 Å². The zero-order chi connectivity index (χ0) is 22.5. The summed E-state index contributed by atoms with van der Waals surface area (Å²) in [5.41, 5.74) is 0.635. The second kappa shape index (κ2) is 9.75. The van der Waals surface area contributed by atoms with Gasteiger partial charge in [0.25, 0.3) is 0 Å². The van der Waals surface area contributed by atoms with Gasteiger partial charge >= 0.3 is 12.1 Å². The molecule has 1 fully saturated rings. The number of rotatable bonds is 7. The van der Waals surface area contributed by atoms with E-state index in [0.29, 0.717) is 0 Å². The second-order valence-electron chi connectivity index (χ2n) is 6.73. The third-order valence-electron chi connectivity index (χ3n) is 4.55. The molecule has 0 radical (unpaired) electrons. The van der Waals surface area contributed by atoms with Gasteiger partial charge in [-0.25, -0.2) is 13.6 Å². The highest BCUT2D eigenvalue weighted by molar-refractivity contribution is 7.89. The highest BCUT2D eigenvalue weighted by Crippen LogP contribution is 2.30. The summed E-state index contributed by atoms with van der Waals surface area (Å²) in [5, 5.41) is 2.56. The van der Waals surface area contributed by atoms with Crippen molar-refractivity contribution in [1.82, 2.24) is 5.32 Å². The molecule has 2 N–H and O–H groups in total. The van der Waals surface area contributed by atoms with Crippen LogP contribution in [0.1, 0.15) is 12.5 Å². The Balaban J connectivity index is 1.75. The van der Waals surface area contributed by atoms with Gasteiger partial charge in [0.1, 0.15) is 17.7 Å². The largest absolute Gasteiger partial charge is 0.442 e. The Bertz CT molecular complexity index is 1020. The number of amides is 2. The van der Waals surface area contributed by atoms with E-state index in [1.807, 2.05) is 0 Å². The molecule has 1 aliphatic heterocycles. The number of carbonyl (C=O) groups is 3. The Morgan fingerprint density at radius 3 is 2.68 bits per heavy atom. The Morgan fingerprint density at radius 1 is 1.26 bits per heavy atom. The first-order valence-electron chi connectivity index (χ1n) is 9.10. The summed E-state index contributed by atoms with van der Waals surface area (Å²) in [6.07, 6.45) is -1.61. The summed E-state index contributed by atoms with van der Waals surface area (Å²) in [4.78, 5) is 35.7. The molecule has 8 nitrogen and oxygen atoms in total.